The van der Waals surface area contributed by atoms with Crippen molar-refractivity contribution >= 4 is 5.97 Å². The number of ether oxygens (including phenoxy) is 2. The third kappa shape index (κ3) is 2.67. The molecule has 0 bridgehead atoms. The van der Waals surface area contributed by atoms with E-state index < -0.39 is 17.7 Å². The van der Waals surface area contributed by atoms with E-state index in [9.17, 15) is 20.1 Å². The number of hydrogen-bond donors (Lipinski definition) is 3. The minimum Gasteiger partial charge on any atom is -0.507 e. The average Bonchev–Trinajstić information content (AvgIpc) is 2.66. The Labute approximate surface area is 183 Å². The van der Waals surface area contributed by atoms with Gasteiger partial charge >= 0.3 is 5.97 Å². The molecule has 3 N–H and O–H groups in total. The third-order valence-corrected chi connectivity index (χ3v) is 9.35. The summed E-state index contributed by atoms with van der Waals surface area (Å²) in [6.45, 7) is 10.4. The van der Waals surface area contributed by atoms with E-state index in [0.29, 0.717) is 25.0 Å². The monoisotopic (exact) mass is 430 g/mol. The summed E-state index contributed by atoms with van der Waals surface area (Å²) in [5, 5.41) is 32.6. The van der Waals surface area contributed by atoms with Crippen molar-refractivity contribution < 1.29 is 29.6 Å². The molecule has 4 aliphatic rings. The molecule has 0 aromatic heterocycles. The Bertz CT molecular complexity index is 954. The van der Waals surface area contributed by atoms with Crippen LogP contribution in [0.2, 0.25) is 0 Å². The van der Waals surface area contributed by atoms with Gasteiger partial charge in [-0.1, -0.05) is 20.8 Å². The van der Waals surface area contributed by atoms with Crippen LogP contribution in [0, 0.1) is 22.7 Å². The number of phenols is 1. The number of aliphatic hydroxyl groups excluding tert-OH is 2. The van der Waals surface area contributed by atoms with E-state index in [4.69, 9.17) is 9.47 Å². The molecule has 5 rings (SSSR count). The van der Waals surface area contributed by atoms with Crippen molar-refractivity contribution in [1.82, 2.24) is 0 Å². The van der Waals surface area contributed by atoms with Crippen LogP contribution in [0.15, 0.2) is 6.07 Å². The highest BCUT2D eigenvalue weighted by Gasteiger charge is 2.65. The third-order valence-electron chi connectivity index (χ3n) is 9.35. The minimum atomic E-state index is -0.794. The van der Waals surface area contributed by atoms with Gasteiger partial charge in [0.15, 0.2) is 0 Å². The fraction of sp³-hybridized carbons (Fsp3) is 0.720. The van der Waals surface area contributed by atoms with Gasteiger partial charge in [0.2, 0.25) is 0 Å². The maximum atomic E-state index is 12.5. The molecule has 1 aromatic rings. The van der Waals surface area contributed by atoms with Crippen LogP contribution in [-0.4, -0.2) is 45.2 Å². The first kappa shape index (κ1) is 21.1. The van der Waals surface area contributed by atoms with Gasteiger partial charge in [-0.05, 0) is 67.4 Å². The Balaban J connectivity index is 1.66. The zero-order chi connectivity index (χ0) is 22.5. The fourth-order valence-corrected chi connectivity index (χ4v) is 7.50. The number of cyclic esters (lactones) is 1. The number of fused-ring (bicyclic) bond motifs is 6. The van der Waals surface area contributed by atoms with E-state index in [-0.39, 0.29) is 46.2 Å². The standard InChI is InChI=1S/C25H34O6/c1-12-8-14-13-9-18-24(4)7-6-19(27)23(2,3)17(24)11-20(28)25(18,5)31-16(13)10-15(26)21(14)22(29)30-12/h10,12,17-20,26-28H,6-9,11H2,1-5H3/t12-,17+,18+,19+,20+,24+,25-/m0/s1. The molecule has 0 amide bonds. The van der Waals surface area contributed by atoms with Crippen LogP contribution in [0.5, 0.6) is 11.5 Å². The molecule has 7 atom stereocenters. The van der Waals surface area contributed by atoms with Gasteiger partial charge in [0.05, 0.1) is 12.2 Å². The van der Waals surface area contributed by atoms with Crippen molar-refractivity contribution in [2.45, 2.75) is 90.6 Å². The number of carbonyl (C=O) groups is 1. The summed E-state index contributed by atoms with van der Waals surface area (Å²) in [5.41, 5.74) is 0.801. The Morgan fingerprint density at radius 1 is 1.03 bits per heavy atom. The molecule has 0 radical (unpaired) electrons. The summed E-state index contributed by atoms with van der Waals surface area (Å²) in [6, 6.07) is 1.52. The largest absolute Gasteiger partial charge is 0.507 e. The SMILES string of the molecule is C[C@H]1Cc2c3c(cc(O)c2C(=O)O1)O[C@]1(C)[C@H](O)C[C@@H]2C(C)(C)[C@H](O)CC[C@@]2(C)[C@H]1C3. The topological polar surface area (TPSA) is 96.2 Å². The molecule has 1 aromatic carbocycles. The number of hydrogen-bond acceptors (Lipinski definition) is 6. The van der Waals surface area contributed by atoms with E-state index >= 15 is 0 Å². The highest BCUT2D eigenvalue weighted by molar-refractivity contribution is 5.96. The first-order chi connectivity index (χ1) is 14.4. The minimum absolute atomic E-state index is 0.0231. The van der Waals surface area contributed by atoms with Gasteiger partial charge in [-0.25, -0.2) is 4.79 Å². The molecule has 2 saturated carbocycles. The van der Waals surface area contributed by atoms with Crippen molar-refractivity contribution in [3.8, 4) is 11.5 Å². The second kappa shape index (κ2) is 6.38. The lowest BCUT2D eigenvalue weighted by Crippen LogP contribution is -2.68. The zero-order valence-electron chi connectivity index (χ0n) is 19.1. The summed E-state index contributed by atoms with van der Waals surface area (Å²) in [5.74, 6) is 0.128. The van der Waals surface area contributed by atoms with Crippen molar-refractivity contribution in [3.63, 3.8) is 0 Å². The Morgan fingerprint density at radius 2 is 1.74 bits per heavy atom. The summed E-state index contributed by atoms with van der Waals surface area (Å²) in [7, 11) is 0. The smallest absolute Gasteiger partial charge is 0.342 e. The highest BCUT2D eigenvalue weighted by atomic mass is 16.5. The molecule has 0 unspecified atom stereocenters. The normalized spacial score (nSPS) is 42.9. The molecule has 0 spiro atoms. The molecule has 31 heavy (non-hydrogen) atoms. The van der Waals surface area contributed by atoms with Crippen LogP contribution in [-0.2, 0) is 17.6 Å². The molecule has 2 aliphatic carbocycles. The zero-order valence-corrected chi connectivity index (χ0v) is 19.1. The van der Waals surface area contributed by atoms with E-state index in [0.717, 1.165) is 24.0 Å². The maximum absolute atomic E-state index is 12.5. The number of carbonyl (C=O) groups excluding carboxylic acids is 1. The Morgan fingerprint density at radius 3 is 2.45 bits per heavy atom. The predicted octanol–water partition coefficient (Wildman–Crippen LogP) is 3.37. The van der Waals surface area contributed by atoms with E-state index in [1.807, 2.05) is 13.8 Å². The van der Waals surface area contributed by atoms with Gasteiger partial charge < -0.3 is 24.8 Å². The molecule has 6 heteroatoms. The van der Waals surface area contributed by atoms with Crippen LogP contribution in [0.25, 0.3) is 0 Å². The number of rotatable bonds is 0. The Kier molecular flexibility index (Phi) is 4.34. The van der Waals surface area contributed by atoms with Crippen LogP contribution >= 0.6 is 0 Å². The first-order valence-corrected chi connectivity index (χ1v) is 11.5. The molecular weight excluding hydrogens is 396 g/mol. The molecule has 2 heterocycles. The average molecular weight is 431 g/mol. The van der Waals surface area contributed by atoms with Gasteiger partial charge in [0.1, 0.15) is 28.8 Å². The van der Waals surface area contributed by atoms with Gasteiger partial charge in [-0.2, -0.15) is 0 Å². The van der Waals surface area contributed by atoms with Gasteiger partial charge in [-0.15, -0.1) is 0 Å². The second-order valence-corrected chi connectivity index (χ2v) is 11.4. The van der Waals surface area contributed by atoms with Gasteiger partial charge in [0, 0.05) is 18.4 Å². The number of aromatic hydroxyl groups is 1. The molecular formula is C25H34O6. The number of phenolic OH excluding ortho intramolecular Hbond substituents is 1. The Hall–Kier alpha value is -1.79. The van der Waals surface area contributed by atoms with E-state index in [2.05, 4.69) is 20.8 Å². The van der Waals surface area contributed by atoms with Gasteiger partial charge in [0.25, 0.3) is 0 Å². The van der Waals surface area contributed by atoms with E-state index in [1.165, 1.54) is 6.07 Å². The first-order valence-electron chi connectivity index (χ1n) is 11.5. The summed E-state index contributed by atoms with van der Waals surface area (Å²) < 4.78 is 11.9. The van der Waals surface area contributed by atoms with Crippen molar-refractivity contribution in [2.24, 2.45) is 22.7 Å². The number of esters is 1. The second-order valence-electron chi connectivity index (χ2n) is 11.4. The lowest BCUT2D eigenvalue weighted by Gasteiger charge is -2.65. The number of aliphatic hydroxyl groups is 2. The summed E-state index contributed by atoms with van der Waals surface area (Å²) in [4.78, 5) is 12.5. The molecule has 0 saturated heterocycles. The molecule has 2 aliphatic heterocycles. The van der Waals surface area contributed by atoms with Crippen molar-refractivity contribution in [3.05, 3.63) is 22.8 Å². The predicted molar refractivity (Wildman–Crippen MR) is 114 cm³/mol. The fourth-order valence-electron chi connectivity index (χ4n) is 7.50. The summed E-state index contributed by atoms with van der Waals surface area (Å²) >= 11 is 0. The summed E-state index contributed by atoms with van der Waals surface area (Å²) in [6.07, 6.45) is 2.04. The van der Waals surface area contributed by atoms with Crippen molar-refractivity contribution in [1.29, 1.82) is 0 Å². The highest BCUT2D eigenvalue weighted by Crippen LogP contribution is 2.65. The number of benzene rings is 1. The lowest BCUT2D eigenvalue weighted by atomic mass is 9.43. The maximum Gasteiger partial charge on any atom is 0.342 e. The molecule has 2 fully saturated rings. The van der Waals surface area contributed by atoms with Crippen LogP contribution < -0.4 is 4.74 Å². The van der Waals surface area contributed by atoms with Crippen LogP contribution in [0.1, 0.15) is 75.4 Å². The van der Waals surface area contributed by atoms with E-state index in [1.54, 1.807) is 0 Å². The van der Waals surface area contributed by atoms with Crippen LogP contribution in [0.4, 0.5) is 0 Å². The lowest BCUT2D eigenvalue weighted by molar-refractivity contribution is -0.231. The quantitative estimate of drug-likeness (QED) is 0.546. The molecule has 6 nitrogen and oxygen atoms in total. The molecule has 170 valence electrons. The van der Waals surface area contributed by atoms with Crippen molar-refractivity contribution in [2.75, 3.05) is 0 Å². The van der Waals surface area contributed by atoms with Gasteiger partial charge in [-0.3, -0.25) is 0 Å². The van der Waals surface area contributed by atoms with Crippen LogP contribution in [0.3, 0.4) is 0 Å².